The Morgan fingerprint density at radius 1 is 1.11 bits per heavy atom. The fourth-order valence-electron chi connectivity index (χ4n) is 1.70. The van der Waals surface area contributed by atoms with Crippen LogP contribution in [-0.2, 0) is 0 Å². The Hall–Kier alpha value is -1.65. The van der Waals surface area contributed by atoms with Crippen LogP contribution >= 0.6 is 23.7 Å². The van der Waals surface area contributed by atoms with Gasteiger partial charge in [0.2, 0.25) is 0 Å². The average molecular weight is 281 g/mol. The van der Waals surface area contributed by atoms with Crippen molar-refractivity contribution in [2.45, 2.75) is 0 Å². The van der Waals surface area contributed by atoms with E-state index < -0.39 is 0 Å². The molecule has 0 saturated heterocycles. The van der Waals surface area contributed by atoms with Gasteiger partial charge in [0.25, 0.3) is 0 Å². The van der Waals surface area contributed by atoms with Crippen LogP contribution in [-0.4, -0.2) is 4.98 Å². The highest BCUT2D eigenvalue weighted by Gasteiger charge is 2.09. The topological polar surface area (TPSA) is 38.9 Å². The number of aromatic nitrogens is 1. The largest absolute Gasteiger partial charge is 0.398 e. The lowest BCUT2D eigenvalue weighted by Gasteiger charge is -2.01. The van der Waals surface area contributed by atoms with Crippen molar-refractivity contribution in [1.29, 1.82) is 0 Å². The minimum Gasteiger partial charge on any atom is -0.398 e. The smallest absolute Gasteiger partial charge is 0.126 e. The van der Waals surface area contributed by atoms with Gasteiger partial charge in [0.15, 0.2) is 0 Å². The van der Waals surface area contributed by atoms with Crippen LogP contribution in [0, 0.1) is 5.82 Å². The molecule has 2 aromatic carbocycles. The molecule has 5 heteroatoms. The number of hydrogen-bond donors (Lipinski definition) is 1. The number of thiazole rings is 1. The first-order valence-corrected chi connectivity index (χ1v) is 5.96. The average Bonchev–Trinajstić information content (AvgIpc) is 2.75. The molecule has 3 aromatic rings. The first kappa shape index (κ1) is 12.8. The third-order valence-corrected chi connectivity index (χ3v) is 3.61. The molecule has 0 aliphatic heterocycles. The quantitative estimate of drug-likeness (QED) is 0.682. The normalized spacial score (nSPS) is 10.3. The van der Waals surface area contributed by atoms with E-state index in [2.05, 4.69) is 4.98 Å². The van der Waals surface area contributed by atoms with Gasteiger partial charge in [-0.05, 0) is 30.3 Å². The Morgan fingerprint density at radius 2 is 1.89 bits per heavy atom. The van der Waals surface area contributed by atoms with Crippen molar-refractivity contribution in [1.82, 2.24) is 4.98 Å². The van der Waals surface area contributed by atoms with E-state index in [9.17, 15) is 4.39 Å². The molecule has 2 nitrogen and oxygen atoms in total. The van der Waals surface area contributed by atoms with E-state index in [1.807, 2.05) is 24.3 Å². The van der Waals surface area contributed by atoms with Gasteiger partial charge in [0, 0.05) is 11.3 Å². The Morgan fingerprint density at radius 3 is 2.67 bits per heavy atom. The zero-order chi connectivity index (χ0) is 11.8. The Kier molecular flexibility index (Phi) is 3.50. The van der Waals surface area contributed by atoms with Crippen LogP contribution in [0.25, 0.3) is 20.8 Å². The molecule has 0 amide bonds. The molecular weight excluding hydrogens is 271 g/mol. The molecule has 1 aromatic heterocycles. The number of hydrogen-bond acceptors (Lipinski definition) is 3. The zero-order valence-corrected chi connectivity index (χ0v) is 10.9. The summed E-state index contributed by atoms with van der Waals surface area (Å²) in [5, 5.41) is 0.753. The summed E-state index contributed by atoms with van der Waals surface area (Å²) in [6, 6.07) is 12.2. The number of nitrogens with two attached hydrogens (primary N) is 1. The van der Waals surface area contributed by atoms with Gasteiger partial charge in [0.1, 0.15) is 10.8 Å². The van der Waals surface area contributed by atoms with E-state index in [1.54, 1.807) is 6.07 Å². The summed E-state index contributed by atoms with van der Waals surface area (Å²) in [4.78, 5) is 4.46. The van der Waals surface area contributed by atoms with Gasteiger partial charge in [-0.15, -0.1) is 23.7 Å². The SMILES string of the molecule is Cl.Nc1ccc(F)cc1-c1nc2ccccc2s1. The van der Waals surface area contributed by atoms with Crippen LogP contribution in [0.5, 0.6) is 0 Å². The van der Waals surface area contributed by atoms with E-state index in [-0.39, 0.29) is 18.2 Å². The molecule has 0 radical (unpaired) electrons. The highest BCUT2D eigenvalue weighted by molar-refractivity contribution is 7.21. The minimum absolute atomic E-state index is 0. The third kappa shape index (κ3) is 2.17. The number of para-hydroxylation sites is 1. The number of benzene rings is 2. The van der Waals surface area contributed by atoms with Gasteiger partial charge in [-0.2, -0.15) is 0 Å². The zero-order valence-electron chi connectivity index (χ0n) is 9.26. The van der Waals surface area contributed by atoms with Crippen LogP contribution in [0.15, 0.2) is 42.5 Å². The third-order valence-electron chi connectivity index (χ3n) is 2.54. The van der Waals surface area contributed by atoms with Gasteiger partial charge in [0.05, 0.1) is 10.2 Å². The second-order valence-electron chi connectivity index (χ2n) is 3.72. The summed E-state index contributed by atoms with van der Waals surface area (Å²) in [7, 11) is 0. The highest BCUT2D eigenvalue weighted by atomic mass is 35.5. The lowest BCUT2D eigenvalue weighted by Crippen LogP contribution is -1.90. The van der Waals surface area contributed by atoms with E-state index in [4.69, 9.17) is 5.73 Å². The lowest BCUT2D eigenvalue weighted by molar-refractivity contribution is 0.628. The number of anilines is 1. The Labute approximate surface area is 114 Å². The second kappa shape index (κ2) is 4.92. The van der Waals surface area contributed by atoms with E-state index >= 15 is 0 Å². The number of rotatable bonds is 1. The minimum atomic E-state index is -0.298. The molecule has 3 rings (SSSR count). The van der Waals surface area contributed by atoms with Crippen LogP contribution in [0.1, 0.15) is 0 Å². The summed E-state index contributed by atoms with van der Waals surface area (Å²) >= 11 is 1.52. The molecule has 0 bridgehead atoms. The van der Waals surface area contributed by atoms with Gasteiger partial charge in [-0.25, -0.2) is 9.37 Å². The van der Waals surface area contributed by atoms with Gasteiger partial charge in [-0.3, -0.25) is 0 Å². The number of fused-ring (bicyclic) bond motifs is 1. The van der Waals surface area contributed by atoms with Crippen molar-refractivity contribution in [3.63, 3.8) is 0 Å². The maximum absolute atomic E-state index is 13.2. The summed E-state index contributed by atoms with van der Waals surface area (Å²) < 4.78 is 14.3. The number of nitrogen functional groups attached to an aromatic ring is 1. The standard InChI is InChI=1S/C13H9FN2S.ClH/c14-8-5-6-10(15)9(7-8)13-16-11-3-1-2-4-12(11)17-13;/h1-7H,15H2;1H. The fraction of sp³-hybridized carbons (Fsp3) is 0. The molecular formula is C13H10ClFN2S. The number of nitrogens with zero attached hydrogens (tertiary/aromatic N) is 1. The van der Waals surface area contributed by atoms with Crippen molar-refractivity contribution >= 4 is 39.6 Å². The van der Waals surface area contributed by atoms with E-state index in [1.165, 1.54) is 23.5 Å². The summed E-state index contributed by atoms with van der Waals surface area (Å²) in [6.45, 7) is 0. The predicted molar refractivity (Wildman–Crippen MR) is 76.7 cm³/mol. The Bertz CT molecular complexity index is 663. The second-order valence-corrected chi connectivity index (χ2v) is 4.75. The maximum Gasteiger partial charge on any atom is 0.126 e. The Balaban J connectivity index is 0.00000120. The van der Waals surface area contributed by atoms with Crippen LogP contribution in [0.2, 0.25) is 0 Å². The molecule has 0 aliphatic rings. The predicted octanol–water partition coefficient (Wildman–Crippen LogP) is 4.11. The summed E-state index contributed by atoms with van der Waals surface area (Å²) in [6.07, 6.45) is 0. The van der Waals surface area contributed by atoms with Crippen molar-refractivity contribution in [3.05, 3.63) is 48.3 Å². The molecule has 2 N–H and O–H groups in total. The lowest BCUT2D eigenvalue weighted by atomic mass is 10.2. The van der Waals surface area contributed by atoms with E-state index in [0.29, 0.717) is 11.3 Å². The highest BCUT2D eigenvalue weighted by Crippen LogP contribution is 2.33. The summed E-state index contributed by atoms with van der Waals surface area (Å²) in [5.74, 6) is -0.298. The van der Waals surface area contributed by atoms with Crippen LogP contribution in [0.4, 0.5) is 10.1 Å². The van der Waals surface area contributed by atoms with Gasteiger partial charge in [-0.1, -0.05) is 12.1 Å². The van der Waals surface area contributed by atoms with Crippen molar-refractivity contribution in [3.8, 4) is 10.6 Å². The molecule has 0 spiro atoms. The molecule has 0 saturated carbocycles. The van der Waals surface area contributed by atoms with Gasteiger partial charge < -0.3 is 5.73 Å². The molecule has 92 valence electrons. The molecule has 1 heterocycles. The van der Waals surface area contributed by atoms with Crippen molar-refractivity contribution in [2.75, 3.05) is 5.73 Å². The van der Waals surface area contributed by atoms with E-state index in [0.717, 1.165) is 15.2 Å². The molecule has 0 fully saturated rings. The first-order valence-electron chi connectivity index (χ1n) is 5.15. The molecule has 0 atom stereocenters. The monoisotopic (exact) mass is 280 g/mol. The maximum atomic E-state index is 13.2. The van der Waals surface area contributed by atoms with Crippen molar-refractivity contribution < 1.29 is 4.39 Å². The fourth-order valence-corrected chi connectivity index (χ4v) is 2.71. The number of halogens is 2. The summed E-state index contributed by atoms with van der Waals surface area (Å²) in [5.41, 5.74) is 7.96. The molecule has 0 unspecified atom stereocenters. The van der Waals surface area contributed by atoms with Crippen LogP contribution in [0.3, 0.4) is 0 Å². The molecule has 18 heavy (non-hydrogen) atoms. The first-order chi connectivity index (χ1) is 8.24. The van der Waals surface area contributed by atoms with Crippen LogP contribution < -0.4 is 5.73 Å². The molecule has 0 aliphatic carbocycles. The van der Waals surface area contributed by atoms with Gasteiger partial charge >= 0.3 is 0 Å². The van der Waals surface area contributed by atoms with Crippen molar-refractivity contribution in [2.24, 2.45) is 0 Å².